The maximum Gasteiger partial charge on any atom is 0.143 e. The Labute approximate surface area is 122 Å². The van der Waals surface area contributed by atoms with Crippen LogP contribution in [-0.2, 0) is 0 Å². The number of benzene rings is 2. The summed E-state index contributed by atoms with van der Waals surface area (Å²) in [6, 6.07) is 13.2. The van der Waals surface area contributed by atoms with E-state index < -0.39 is 6.10 Å². The van der Waals surface area contributed by atoms with E-state index in [2.05, 4.69) is 4.98 Å². The van der Waals surface area contributed by atoms with Crippen LogP contribution in [0.2, 0.25) is 0 Å². The molecule has 0 amide bonds. The number of nitrogens with two attached hydrogens (primary N) is 1. The first kappa shape index (κ1) is 13.5. The molecule has 0 saturated carbocycles. The number of aromatic nitrogens is 2. The van der Waals surface area contributed by atoms with Crippen LogP contribution in [0.1, 0.15) is 18.9 Å². The monoisotopic (exact) mass is 283 g/mol. The molecule has 3 aromatic rings. The number of imidazole rings is 1. The van der Waals surface area contributed by atoms with E-state index >= 15 is 0 Å². The smallest absolute Gasteiger partial charge is 0.143 e. The lowest BCUT2D eigenvalue weighted by atomic mass is 10.2. The van der Waals surface area contributed by atoms with E-state index in [1.807, 2.05) is 41.0 Å². The van der Waals surface area contributed by atoms with Crippen LogP contribution >= 0.6 is 0 Å². The van der Waals surface area contributed by atoms with Crippen LogP contribution in [0.3, 0.4) is 0 Å². The summed E-state index contributed by atoms with van der Waals surface area (Å²) in [6.45, 7) is 1.70. The van der Waals surface area contributed by atoms with E-state index in [4.69, 9.17) is 10.5 Å². The predicted octanol–water partition coefficient (Wildman–Crippen LogP) is 2.67. The van der Waals surface area contributed by atoms with E-state index in [1.54, 1.807) is 20.1 Å². The third kappa shape index (κ3) is 2.32. The van der Waals surface area contributed by atoms with Gasteiger partial charge in [0.25, 0.3) is 0 Å². The zero-order chi connectivity index (χ0) is 15.0. The van der Waals surface area contributed by atoms with Crippen molar-refractivity contribution in [3.05, 3.63) is 48.3 Å². The molecule has 5 heteroatoms. The molecule has 0 saturated heterocycles. The number of hydrogen-bond acceptors (Lipinski definition) is 4. The van der Waals surface area contributed by atoms with Gasteiger partial charge in [0.2, 0.25) is 0 Å². The van der Waals surface area contributed by atoms with E-state index in [1.165, 1.54) is 0 Å². The van der Waals surface area contributed by atoms with Gasteiger partial charge in [0.15, 0.2) is 0 Å². The molecule has 21 heavy (non-hydrogen) atoms. The van der Waals surface area contributed by atoms with Gasteiger partial charge >= 0.3 is 0 Å². The van der Waals surface area contributed by atoms with E-state index in [0.29, 0.717) is 11.5 Å². The van der Waals surface area contributed by atoms with Gasteiger partial charge in [-0.15, -0.1) is 0 Å². The molecular formula is C16H17N3O2. The summed E-state index contributed by atoms with van der Waals surface area (Å²) < 4.78 is 7.19. The summed E-state index contributed by atoms with van der Waals surface area (Å²) in [5.41, 5.74) is 9.00. The number of aliphatic hydroxyl groups excluding tert-OH is 1. The first-order valence-corrected chi connectivity index (χ1v) is 6.70. The molecule has 2 aromatic carbocycles. The number of rotatable bonds is 3. The van der Waals surface area contributed by atoms with Crippen molar-refractivity contribution in [2.75, 3.05) is 12.8 Å². The highest BCUT2D eigenvalue weighted by atomic mass is 16.5. The lowest BCUT2D eigenvalue weighted by Gasteiger charge is -2.12. The summed E-state index contributed by atoms with van der Waals surface area (Å²) in [5, 5.41) is 10.0. The van der Waals surface area contributed by atoms with Crippen LogP contribution < -0.4 is 10.5 Å². The van der Waals surface area contributed by atoms with Crippen molar-refractivity contribution < 1.29 is 9.84 Å². The van der Waals surface area contributed by atoms with Gasteiger partial charge in [0.1, 0.15) is 17.7 Å². The Balaban J connectivity index is 2.30. The Kier molecular flexibility index (Phi) is 3.27. The van der Waals surface area contributed by atoms with Crippen molar-refractivity contribution >= 4 is 16.7 Å². The van der Waals surface area contributed by atoms with Crippen molar-refractivity contribution in [3.8, 4) is 11.4 Å². The molecule has 108 valence electrons. The number of anilines is 1. The maximum absolute atomic E-state index is 10.0. The Morgan fingerprint density at radius 3 is 2.76 bits per heavy atom. The molecule has 0 bridgehead atoms. The van der Waals surface area contributed by atoms with Crippen molar-refractivity contribution in [2.45, 2.75) is 13.0 Å². The SMILES string of the molecule is COc1cccc(-n2c(C(C)O)nc3cc(N)ccc32)c1. The highest BCUT2D eigenvalue weighted by Crippen LogP contribution is 2.28. The molecule has 0 aliphatic rings. The fraction of sp³-hybridized carbons (Fsp3) is 0.188. The Bertz CT molecular complexity index is 793. The normalized spacial score (nSPS) is 12.5. The molecule has 0 aliphatic carbocycles. The van der Waals surface area contributed by atoms with Gasteiger partial charge in [-0.2, -0.15) is 0 Å². The zero-order valence-corrected chi connectivity index (χ0v) is 11.9. The second-order valence-corrected chi connectivity index (χ2v) is 4.93. The van der Waals surface area contributed by atoms with Crippen LogP contribution in [0.5, 0.6) is 5.75 Å². The molecule has 0 radical (unpaired) electrons. The van der Waals surface area contributed by atoms with Gasteiger partial charge in [-0.1, -0.05) is 6.07 Å². The summed E-state index contributed by atoms with van der Waals surface area (Å²) in [5.74, 6) is 1.32. The molecule has 0 aliphatic heterocycles. The Hall–Kier alpha value is -2.53. The molecule has 0 fully saturated rings. The fourth-order valence-electron chi connectivity index (χ4n) is 2.42. The summed E-state index contributed by atoms with van der Waals surface area (Å²) in [4.78, 5) is 4.50. The van der Waals surface area contributed by atoms with Crippen LogP contribution in [0.25, 0.3) is 16.7 Å². The molecule has 3 rings (SSSR count). The standard InChI is InChI=1S/C16H17N3O2/c1-10(20)16-18-14-8-11(17)6-7-15(14)19(16)12-4-3-5-13(9-12)21-2/h3-10,20H,17H2,1-2H3. The second-order valence-electron chi connectivity index (χ2n) is 4.93. The Morgan fingerprint density at radius 2 is 2.05 bits per heavy atom. The molecule has 5 nitrogen and oxygen atoms in total. The zero-order valence-electron chi connectivity index (χ0n) is 11.9. The van der Waals surface area contributed by atoms with Gasteiger partial charge in [-0.05, 0) is 37.3 Å². The number of methoxy groups -OCH3 is 1. The topological polar surface area (TPSA) is 73.3 Å². The minimum Gasteiger partial charge on any atom is -0.497 e. The van der Waals surface area contributed by atoms with Crippen molar-refractivity contribution in [1.82, 2.24) is 9.55 Å². The van der Waals surface area contributed by atoms with Gasteiger partial charge in [-0.25, -0.2) is 4.98 Å². The quantitative estimate of drug-likeness (QED) is 0.725. The van der Waals surface area contributed by atoms with Gasteiger partial charge in [0, 0.05) is 11.8 Å². The molecule has 1 aromatic heterocycles. The minimum atomic E-state index is -0.690. The second kappa shape index (κ2) is 5.10. The van der Waals surface area contributed by atoms with Crippen LogP contribution in [0.15, 0.2) is 42.5 Å². The highest BCUT2D eigenvalue weighted by molar-refractivity contribution is 5.81. The van der Waals surface area contributed by atoms with E-state index in [9.17, 15) is 5.11 Å². The number of hydrogen-bond donors (Lipinski definition) is 2. The van der Waals surface area contributed by atoms with Crippen LogP contribution in [0, 0.1) is 0 Å². The maximum atomic E-state index is 10.0. The average Bonchev–Trinajstić information content (AvgIpc) is 2.86. The minimum absolute atomic E-state index is 0.573. The largest absolute Gasteiger partial charge is 0.497 e. The molecule has 1 unspecified atom stereocenters. The first-order chi connectivity index (χ1) is 10.1. The molecular weight excluding hydrogens is 266 g/mol. The molecule has 1 heterocycles. The van der Waals surface area contributed by atoms with Gasteiger partial charge < -0.3 is 15.6 Å². The lowest BCUT2D eigenvalue weighted by Crippen LogP contribution is -2.04. The average molecular weight is 283 g/mol. The summed E-state index contributed by atoms with van der Waals surface area (Å²) in [7, 11) is 1.63. The van der Waals surface area contributed by atoms with Crippen molar-refractivity contribution in [1.29, 1.82) is 0 Å². The molecule has 1 atom stereocenters. The molecule has 0 spiro atoms. The summed E-state index contributed by atoms with van der Waals surface area (Å²) in [6.07, 6.45) is -0.690. The molecule has 3 N–H and O–H groups in total. The van der Waals surface area contributed by atoms with Crippen molar-refractivity contribution in [3.63, 3.8) is 0 Å². The van der Waals surface area contributed by atoms with Crippen LogP contribution in [-0.4, -0.2) is 21.8 Å². The van der Waals surface area contributed by atoms with E-state index in [-0.39, 0.29) is 0 Å². The number of fused-ring (bicyclic) bond motifs is 1. The van der Waals surface area contributed by atoms with Crippen molar-refractivity contribution in [2.24, 2.45) is 0 Å². The van der Waals surface area contributed by atoms with Gasteiger partial charge in [0.05, 0.1) is 23.8 Å². The lowest BCUT2D eigenvalue weighted by molar-refractivity contribution is 0.187. The number of ether oxygens (including phenoxy) is 1. The van der Waals surface area contributed by atoms with E-state index in [0.717, 1.165) is 22.5 Å². The third-order valence-electron chi connectivity index (χ3n) is 3.39. The number of nitrogen functional groups attached to an aromatic ring is 1. The summed E-state index contributed by atoms with van der Waals surface area (Å²) >= 11 is 0. The van der Waals surface area contributed by atoms with Crippen LogP contribution in [0.4, 0.5) is 5.69 Å². The predicted molar refractivity (Wildman–Crippen MR) is 82.7 cm³/mol. The Morgan fingerprint density at radius 1 is 1.24 bits per heavy atom. The number of nitrogens with zero attached hydrogens (tertiary/aromatic N) is 2. The third-order valence-corrected chi connectivity index (χ3v) is 3.39. The fourth-order valence-corrected chi connectivity index (χ4v) is 2.42. The van der Waals surface area contributed by atoms with Gasteiger partial charge in [-0.3, -0.25) is 4.57 Å². The first-order valence-electron chi connectivity index (χ1n) is 6.70. The highest BCUT2D eigenvalue weighted by Gasteiger charge is 2.16. The number of aliphatic hydroxyl groups is 1.